The molecule has 2 heterocycles. The summed E-state index contributed by atoms with van der Waals surface area (Å²) in [6.07, 6.45) is 4.70. The van der Waals surface area contributed by atoms with Crippen LogP contribution in [0.3, 0.4) is 0 Å². The smallest absolute Gasteiger partial charge is 0.400 e. The molecule has 0 bridgehead atoms. The van der Waals surface area contributed by atoms with Gasteiger partial charge in [-0.05, 0) is 39.2 Å². The molecule has 1 saturated heterocycles. The molecule has 2 rings (SSSR count). The minimum absolute atomic E-state index is 0.178. The van der Waals surface area contributed by atoms with Crippen molar-refractivity contribution in [3.63, 3.8) is 0 Å². The first-order chi connectivity index (χ1) is 9.25. The number of aliphatic hydroxyl groups is 1. The van der Waals surface area contributed by atoms with E-state index in [0.29, 0.717) is 17.0 Å². The SMILES string of the molecule is CC1(C)OB(C(=Cc2cnc(N)cn2)CO)OC1(C)C. The van der Waals surface area contributed by atoms with Gasteiger partial charge in [-0.2, -0.15) is 0 Å². The average molecular weight is 277 g/mol. The Bertz CT molecular complexity index is 498. The maximum atomic E-state index is 9.54. The van der Waals surface area contributed by atoms with Gasteiger partial charge in [0.25, 0.3) is 0 Å². The van der Waals surface area contributed by atoms with Gasteiger partial charge in [0, 0.05) is 0 Å². The summed E-state index contributed by atoms with van der Waals surface area (Å²) in [5, 5.41) is 9.54. The molecule has 0 saturated carbocycles. The lowest BCUT2D eigenvalue weighted by molar-refractivity contribution is 0.00578. The molecular weight excluding hydrogens is 257 g/mol. The van der Waals surface area contributed by atoms with Crippen LogP contribution < -0.4 is 5.73 Å². The van der Waals surface area contributed by atoms with Crippen LogP contribution in [-0.4, -0.2) is 40.0 Å². The first-order valence-corrected chi connectivity index (χ1v) is 6.50. The van der Waals surface area contributed by atoms with Crippen LogP contribution in [0.1, 0.15) is 33.4 Å². The third-order valence-corrected chi connectivity index (χ3v) is 3.76. The molecule has 7 heteroatoms. The summed E-state index contributed by atoms with van der Waals surface area (Å²) >= 11 is 0. The van der Waals surface area contributed by atoms with Crippen molar-refractivity contribution in [2.24, 2.45) is 0 Å². The van der Waals surface area contributed by atoms with Gasteiger partial charge in [0.15, 0.2) is 0 Å². The number of aliphatic hydroxyl groups excluding tert-OH is 1. The Hall–Kier alpha value is -1.44. The predicted octanol–water partition coefficient (Wildman–Crippen LogP) is 1.07. The summed E-state index contributed by atoms with van der Waals surface area (Å²) in [6.45, 7) is 7.68. The van der Waals surface area contributed by atoms with E-state index in [4.69, 9.17) is 15.0 Å². The van der Waals surface area contributed by atoms with Crippen molar-refractivity contribution in [2.75, 3.05) is 12.3 Å². The van der Waals surface area contributed by atoms with E-state index in [-0.39, 0.29) is 6.61 Å². The van der Waals surface area contributed by atoms with Gasteiger partial charge in [-0.1, -0.05) is 0 Å². The van der Waals surface area contributed by atoms with Crippen molar-refractivity contribution in [2.45, 2.75) is 38.9 Å². The lowest BCUT2D eigenvalue weighted by atomic mass is 9.78. The van der Waals surface area contributed by atoms with Crippen LogP contribution in [0, 0.1) is 0 Å². The summed E-state index contributed by atoms with van der Waals surface area (Å²) in [5.74, 6) is 0.350. The van der Waals surface area contributed by atoms with Crippen molar-refractivity contribution in [3.8, 4) is 0 Å². The number of aromatic nitrogens is 2. The normalized spacial score (nSPS) is 21.2. The van der Waals surface area contributed by atoms with Crippen LogP contribution in [0.2, 0.25) is 0 Å². The maximum Gasteiger partial charge on any atom is 0.492 e. The first-order valence-electron chi connectivity index (χ1n) is 6.50. The molecule has 3 N–H and O–H groups in total. The zero-order valence-electron chi connectivity index (χ0n) is 12.3. The van der Waals surface area contributed by atoms with E-state index >= 15 is 0 Å². The standard InChI is InChI=1S/C13H20BN3O3/c1-12(2)13(3,4)20-14(19-12)9(8-18)5-10-6-17-11(15)7-16-10/h5-7,18H,8H2,1-4H3,(H2,15,17). The van der Waals surface area contributed by atoms with Crippen LogP contribution in [0.25, 0.3) is 6.08 Å². The van der Waals surface area contributed by atoms with E-state index in [1.807, 2.05) is 27.7 Å². The molecule has 1 aliphatic rings. The second kappa shape index (κ2) is 5.16. The third-order valence-electron chi connectivity index (χ3n) is 3.76. The highest BCUT2D eigenvalue weighted by Crippen LogP contribution is 2.38. The minimum atomic E-state index is -0.593. The van der Waals surface area contributed by atoms with Gasteiger partial charge in [-0.3, -0.25) is 4.98 Å². The van der Waals surface area contributed by atoms with Crippen molar-refractivity contribution in [1.82, 2.24) is 9.97 Å². The highest BCUT2D eigenvalue weighted by atomic mass is 16.7. The highest BCUT2D eigenvalue weighted by molar-refractivity contribution is 6.55. The molecule has 1 aliphatic heterocycles. The molecule has 6 nitrogen and oxygen atoms in total. The summed E-state index contributed by atoms with van der Waals surface area (Å²) < 4.78 is 11.8. The van der Waals surface area contributed by atoms with Crippen molar-refractivity contribution < 1.29 is 14.4 Å². The fourth-order valence-electron chi connectivity index (χ4n) is 1.80. The molecular formula is C13H20BN3O3. The Morgan fingerprint density at radius 1 is 1.25 bits per heavy atom. The fourth-order valence-corrected chi connectivity index (χ4v) is 1.80. The van der Waals surface area contributed by atoms with Gasteiger partial charge < -0.3 is 20.1 Å². The van der Waals surface area contributed by atoms with Gasteiger partial charge >= 0.3 is 7.12 Å². The molecule has 1 aromatic rings. The molecule has 20 heavy (non-hydrogen) atoms. The van der Waals surface area contributed by atoms with E-state index in [2.05, 4.69) is 9.97 Å². The van der Waals surface area contributed by atoms with Gasteiger partial charge in [-0.25, -0.2) is 4.98 Å². The van der Waals surface area contributed by atoms with Crippen LogP contribution in [0.15, 0.2) is 17.9 Å². The minimum Gasteiger partial charge on any atom is -0.400 e. The Morgan fingerprint density at radius 2 is 1.85 bits per heavy atom. The highest BCUT2D eigenvalue weighted by Gasteiger charge is 2.52. The summed E-state index contributed by atoms with van der Waals surface area (Å²) in [7, 11) is -0.593. The summed E-state index contributed by atoms with van der Waals surface area (Å²) in [5.41, 5.74) is 5.79. The molecule has 108 valence electrons. The van der Waals surface area contributed by atoms with Gasteiger partial charge in [0.1, 0.15) is 5.82 Å². The van der Waals surface area contributed by atoms with Gasteiger partial charge in [-0.15, -0.1) is 0 Å². The lowest BCUT2D eigenvalue weighted by Gasteiger charge is -2.32. The van der Waals surface area contributed by atoms with Crippen molar-refractivity contribution in [1.29, 1.82) is 0 Å². The van der Waals surface area contributed by atoms with E-state index in [9.17, 15) is 5.11 Å². The largest absolute Gasteiger partial charge is 0.492 e. The van der Waals surface area contributed by atoms with Crippen LogP contribution in [0.4, 0.5) is 5.82 Å². The number of nitrogen functional groups attached to an aromatic ring is 1. The van der Waals surface area contributed by atoms with Crippen LogP contribution in [0.5, 0.6) is 0 Å². The van der Waals surface area contributed by atoms with Gasteiger partial charge in [0.2, 0.25) is 0 Å². The number of nitrogens with two attached hydrogens (primary N) is 1. The second-order valence-corrected chi connectivity index (χ2v) is 5.83. The average Bonchev–Trinajstić information content (AvgIpc) is 2.57. The molecule has 1 fully saturated rings. The van der Waals surface area contributed by atoms with Gasteiger partial charge in [0.05, 0.1) is 35.9 Å². The lowest BCUT2D eigenvalue weighted by Crippen LogP contribution is -2.41. The van der Waals surface area contributed by atoms with Crippen LogP contribution >= 0.6 is 0 Å². The maximum absolute atomic E-state index is 9.54. The Morgan fingerprint density at radius 3 is 2.30 bits per heavy atom. The second-order valence-electron chi connectivity index (χ2n) is 5.83. The topological polar surface area (TPSA) is 90.5 Å². The molecule has 0 aromatic carbocycles. The third kappa shape index (κ3) is 2.84. The zero-order chi connectivity index (χ0) is 15.0. The number of hydrogen-bond donors (Lipinski definition) is 2. The fraction of sp³-hybridized carbons (Fsp3) is 0.538. The Kier molecular flexibility index (Phi) is 3.86. The summed E-state index contributed by atoms with van der Waals surface area (Å²) in [4.78, 5) is 8.08. The number of anilines is 1. The Labute approximate surface area is 119 Å². The molecule has 0 amide bonds. The molecule has 0 radical (unpaired) electrons. The summed E-state index contributed by atoms with van der Waals surface area (Å²) in [6, 6.07) is 0. The molecule has 0 aliphatic carbocycles. The molecule has 0 spiro atoms. The van der Waals surface area contributed by atoms with Crippen molar-refractivity contribution >= 4 is 19.0 Å². The van der Waals surface area contributed by atoms with E-state index in [1.165, 1.54) is 12.4 Å². The Balaban J connectivity index is 2.24. The van der Waals surface area contributed by atoms with Crippen molar-refractivity contribution in [3.05, 3.63) is 23.6 Å². The van der Waals surface area contributed by atoms with Crippen LogP contribution in [-0.2, 0) is 9.31 Å². The quantitative estimate of drug-likeness (QED) is 0.803. The monoisotopic (exact) mass is 277 g/mol. The number of hydrogen-bond acceptors (Lipinski definition) is 6. The van der Waals surface area contributed by atoms with E-state index in [0.717, 1.165) is 0 Å². The molecule has 0 atom stereocenters. The molecule has 0 unspecified atom stereocenters. The predicted molar refractivity (Wildman–Crippen MR) is 77.6 cm³/mol. The number of nitrogens with zero attached hydrogens (tertiary/aromatic N) is 2. The van der Waals surface area contributed by atoms with E-state index in [1.54, 1.807) is 6.08 Å². The first kappa shape index (κ1) is 15.0. The number of rotatable bonds is 3. The molecule has 1 aromatic heterocycles. The zero-order valence-corrected chi connectivity index (χ0v) is 12.3. The van der Waals surface area contributed by atoms with E-state index < -0.39 is 18.3 Å².